The van der Waals surface area contributed by atoms with Gasteiger partial charge in [-0.1, -0.05) is 22.8 Å². The van der Waals surface area contributed by atoms with E-state index >= 15 is 0 Å². The maximum absolute atomic E-state index is 12.2. The fourth-order valence-electron chi connectivity index (χ4n) is 3.33. The molecule has 0 atom stereocenters. The highest BCUT2D eigenvalue weighted by atomic mass is 35.5. The van der Waals surface area contributed by atoms with Gasteiger partial charge in [0.25, 0.3) is 0 Å². The number of nitrogens with zero attached hydrogens (tertiary/aromatic N) is 6. The Kier molecular flexibility index (Phi) is 6.50. The van der Waals surface area contributed by atoms with Gasteiger partial charge in [-0.15, -0.1) is 0 Å². The van der Waals surface area contributed by atoms with Gasteiger partial charge in [-0.25, -0.2) is 9.97 Å². The molecule has 1 amide bonds. The van der Waals surface area contributed by atoms with Gasteiger partial charge < -0.3 is 14.7 Å². The predicted octanol–water partition coefficient (Wildman–Crippen LogP) is 2.12. The number of amides is 1. The molecule has 9 nitrogen and oxygen atoms in total. The fourth-order valence-corrected chi connectivity index (χ4v) is 3.51. The van der Waals surface area contributed by atoms with Gasteiger partial charge in [-0.05, 0) is 37.2 Å². The largest absolute Gasteiger partial charge is 0.369 e. The minimum Gasteiger partial charge on any atom is -0.369 e. The van der Waals surface area contributed by atoms with Crippen LogP contribution in [0.3, 0.4) is 0 Å². The first-order chi connectivity index (χ1) is 14.7. The number of hydrogen-bond donors (Lipinski definition) is 1. The van der Waals surface area contributed by atoms with Crippen molar-refractivity contribution >= 4 is 23.2 Å². The molecule has 0 radical (unpaired) electrons. The van der Waals surface area contributed by atoms with Crippen molar-refractivity contribution in [1.29, 1.82) is 0 Å². The second-order valence-corrected chi connectivity index (χ2v) is 7.37. The van der Waals surface area contributed by atoms with Gasteiger partial charge >= 0.3 is 11.8 Å². The minimum atomic E-state index is -0.381. The molecule has 1 fully saturated rings. The lowest BCUT2D eigenvalue weighted by Crippen LogP contribution is -2.47. The number of benzene rings is 1. The molecule has 1 aliphatic heterocycles. The first-order valence-electron chi connectivity index (χ1n) is 9.80. The Bertz CT molecular complexity index is 974. The van der Waals surface area contributed by atoms with Crippen molar-refractivity contribution in [2.24, 2.45) is 0 Å². The zero-order valence-electron chi connectivity index (χ0n) is 16.4. The number of aromatic nitrogens is 4. The molecular weight excluding hydrogens is 406 g/mol. The summed E-state index contributed by atoms with van der Waals surface area (Å²) in [5.41, 5.74) is 1.67. The molecule has 4 rings (SSSR count). The number of hydrogen-bond acceptors (Lipinski definition) is 8. The lowest BCUT2D eigenvalue weighted by molar-refractivity contribution is 0.0907. The van der Waals surface area contributed by atoms with Crippen molar-refractivity contribution in [3.63, 3.8) is 0 Å². The Morgan fingerprint density at radius 3 is 2.83 bits per heavy atom. The van der Waals surface area contributed by atoms with Gasteiger partial charge in [-0.2, -0.15) is 4.98 Å². The van der Waals surface area contributed by atoms with Gasteiger partial charge in [0.15, 0.2) is 0 Å². The van der Waals surface area contributed by atoms with E-state index in [1.165, 1.54) is 6.33 Å². The fraction of sp³-hybridized carbons (Fsp3) is 0.350. The van der Waals surface area contributed by atoms with Crippen LogP contribution in [-0.2, 0) is 0 Å². The van der Waals surface area contributed by atoms with E-state index in [-0.39, 0.29) is 17.6 Å². The summed E-state index contributed by atoms with van der Waals surface area (Å²) < 4.78 is 5.03. The third-order valence-electron chi connectivity index (χ3n) is 4.91. The van der Waals surface area contributed by atoms with Crippen molar-refractivity contribution in [1.82, 2.24) is 30.3 Å². The molecule has 0 unspecified atom stereocenters. The zero-order chi connectivity index (χ0) is 20.8. The highest BCUT2D eigenvalue weighted by Gasteiger charge is 2.18. The van der Waals surface area contributed by atoms with Crippen molar-refractivity contribution in [3.8, 4) is 11.5 Å². The summed E-state index contributed by atoms with van der Waals surface area (Å²) in [6.45, 7) is 5.33. The second kappa shape index (κ2) is 9.64. The van der Waals surface area contributed by atoms with Crippen LogP contribution in [-0.4, -0.2) is 70.2 Å². The van der Waals surface area contributed by atoms with Crippen molar-refractivity contribution in [2.75, 3.05) is 44.2 Å². The summed E-state index contributed by atoms with van der Waals surface area (Å²) in [6.07, 6.45) is 3.81. The first kappa shape index (κ1) is 20.2. The lowest BCUT2D eigenvalue weighted by Gasteiger charge is -2.36. The number of nitrogens with one attached hydrogen (secondary N) is 1. The quantitative estimate of drug-likeness (QED) is 0.572. The van der Waals surface area contributed by atoms with Crippen LogP contribution in [0, 0.1) is 0 Å². The topological polar surface area (TPSA) is 100 Å². The Labute approximate surface area is 179 Å². The van der Waals surface area contributed by atoms with E-state index in [2.05, 4.69) is 41.3 Å². The van der Waals surface area contributed by atoms with E-state index in [4.69, 9.17) is 16.1 Å². The van der Waals surface area contributed by atoms with Crippen LogP contribution in [0.5, 0.6) is 0 Å². The number of carbonyl (C=O) groups excluding carboxylic acids is 1. The molecule has 10 heteroatoms. The number of rotatable bonds is 7. The van der Waals surface area contributed by atoms with Gasteiger partial charge in [0.05, 0.1) is 0 Å². The standard InChI is InChI=1S/C20H22ClN7O2/c21-15-3-1-4-16(13-15)28-11-9-27(10-12-28)8-2-6-23-19(29)20-25-18(26-30-20)17-5-7-22-14-24-17/h1,3-5,7,13-14H,2,6,8-12H2,(H,23,29). The van der Waals surface area contributed by atoms with Gasteiger partial charge in [0.2, 0.25) is 5.82 Å². The summed E-state index contributed by atoms with van der Waals surface area (Å²) in [5.74, 6) is -0.188. The average molecular weight is 428 g/mol. The van der Waals surface area contributed by atoms with E-state index in [1.54, 1.807) is 12.3 Å². The number of halogens is 1. The van der Waals surface area contributed by atoms with Crippen LogP contribution >= 0.6 is 11.6 Å². The second-order valence-electron chi connectivity index (χ2n) is 6.94. The van der Waals surface area contributed by atoms with E-state index in [0.29, 0.717) is 12.2 Å². The van der Waals surface area contributed by atoms with Gasteiger partial charge in [0.1, 0.15) is 12.0 Å². The van der Waals surface area contributed by atoms with Crippen LogP contribution in [0.2, 0.25) is 5.02 Å². The molecular formula is C20H22ClN7O2. The number of anilines is 1. The molecule has 2 aromatic heterocycles. The maximum Gasteiger partial charge on any atom is 0.316 e. The molecule has 1 aliphatic rings. The Balaban J connectivity index is 1.17. The highest BCUT2D eigenvalue weighted by Crippen LogP contribution is 2.20. The molecule has 1 N–H and O–H groups in total. The van der Waals surface area contributed by atoms with Crippen LogP contribution < -0.4 is 10.2 Å². The highest BCUT2D eigenvalue weighted by molar-refractivity contribution is 6.30. The summed E-state index contributed by atoms with van der Waals surface area (Å²) in [7, 11) is 0. The molecule has 3 aromatic rings. The first-order valence-corrected chi connectivity index (χ1v) is 10.2. The molecule has 0 spiro atoms. The van der Waals surface area contributed by atoms with E-state index in [9.17, 15) is 4.79 Å². The van der Waals surface area contributed by atoms with E-state index in [1.807, 2.05) is 18.2 Å². The van der Waals surface area contributed by atoms with Gasteiger partial charge in [0, 0.05) is 49.6 Å². The van der Waals surface area contributed by atoms with Gasteiger partial charge in [-0.3, -0.25) is 9.69 Å². The van der Waals surface area contributed by atoms with Crippen LogP contribution in [0.25, 0.3) is 11.5 Å². The monoisotopic (exact) mass is 427 g/mol. The third-order valence-corrected chi connectivity index (χ3v) is 5.15. The smallest absolute Gasteiger partial charge is 0.316 e. The molecule has 0 aliphatic carbocycles. The van der Waals surface area contributed by atoms with E-state index in [0.717, 1.165) is 49.9 Å². The molecule has 0 bridgehead atoms. The summed E-state index contributed by atoms with van der Waals surface area (Å²) >= 11 is 6.09. The normalized spacial score (nSPS) is 14.6. The zero-order valence-corrected chi connectivity index (χ0v) is 17.1. The van der Waals surface area contributed by atoms with E-state index < -0.39 is 0 Å². The van der Waals surface area contributed by atoms with Crippen molar-refractivity contribution in [3.05, 3.63) is 53.8 Å². The number of piperazine rings is 1. The Hall–Kier alpha value is -3.04. The third kappa shape index (κ3) is 5.11. The Morgan fingerprint density at radius 2 is 2.07 bits per heavy atom. The minimum absolute atomic E-state index is 0.0706. The summed E-state index contributed by atoms with van der Waals surface area (Å²) in [4.78, 5) is 28.9. The lowest BCUT2D eigenvalue weighted by atomic mass is 10.2. The molecule has 1 aromatic carbocycles. The molecule has 1 saturated heterocycles. The van der Waals surface area contributed by atoms with Crippen LogP contribution in [0.15, 0.2) is 47.4 Å². The van der Waals surface area contributed by atoms with Crippen LogP contribution in [0.4, 0.5) is 5.69 Å². The molecule has 30 heavy (non-hydrogen) atoms. The Morgan fingerprint density at radius 1 is 1.20 bits per heavy atom. The van der Waals surface area contributed by atoms with Crippen LogP contribution in [0.1, 0.15) is 17.1 Å². The summed E-state index contributed by atoms with van der Waals surface area (Å²) in [6, 6.07) is 9.61. The maximum atomic E-state index is 12.2. The SMILES string of the molecule is O=C(NCCCN1CCN(c2cccc(Cl)c2)CC1)c1nc(-c2ccncn2)no1. The molecule has 156 valence electrons. The molecule has 3 heterocycles. The molecule has 0 saturated carbocycles. The number of carbonyl (C=O) groups is 1. The predicted molar refractivity (Wildman–Crippen MR) is 112 cm³/mol. The van der Waals surface area contributed by atoms with Crippen molar-refractivity contribution in [2.45, 2.75) is 6.42 Å². The van der Waals surface area contributed by atoms with Crippen molar-refractivity contribution < 1.29 is 9.32 Å². The average Bonchev–Trinajstić information content (AvgIpc) is 3.28. The summed E-state index contributed by atoms with van der Waals surface area (Å²) in [5, 5.41) is 7.37.